The quantitative estimate of drug-likeness (QED) is 0.753. The van der Waals surface area contributed by atoms with Gasteiger partial charge in [0.1, 0.15) is 0 Å². The molecule has 1 aliphatic carbocycles. The van der Waals surface area contributed by atoms with Crippen molar-refractivity contribution < 1.29 is 13.5 Å². The van der Waals surface area contributed by atoms with Crippen molar-refractivity contribution in [2.24, 2.45) is 0 Å². The first-order valence-electron chi connectivity index (χ1n) is 10.4. The lowest BCUT2D eigenvalue weighted by Gasteiger charge is -2.36. The standard InChI is InChI=1S/C19H28N6O3S/c1-29(27,28)24-10-7-19(26,13-24)12-23-8-5-14(6-9-23)18-21-20-17-11-15-3-2-4-16(15)22-25(17)18/h11,14,26H,2-10,12-13H2,1H3. The van der Waals surface area contributed by atoms with Crippen LogP contribution in [-0.2, 0) is 22.9 Å². The van der Waals surface area contributed by atoms with Crippen molar-refractivity contribution in [1.29, 1.82) is 0 Å². The van der Waals surface area contributed by atoms with Crippen LogP contribution in [0.3, 0.4) is 0 Å². The lowest BCUT2D eigenvalue weighted by Crippen LogP contribution is -2.48. The predicted molar refractivity (Wildman–Crippen MR) is 107 cm³/mol. The van der Waals surface area contributed by atoms with Gasteiger partial charge in [-0.1, -0.05) is 0 Å². The van der Waals surface area contributed by atoms with Crippen molar-refractivity contribution >= 4 is 15.7 Å². The Morgan fingerprint density at radius 1 is 1.21 bits per heavy atom. The Hall–Kier alpha value is -1.62. The number of hydrogen-bond acceptors (Lipinski definition) is 7. The number of aliphatic hydroxyl groups is 1. The minimum Gasteiger partial charge on any atom is -0.387 e. The van der Waals surface area contributed by atoms with Gasteiger partial charge >= 0.3 is 0 Å². The van der Waals surface area contributed by atoms with E-state index in [9.17, 15) is 13.5 Å². The van der Waals surface area contributed by atoms with E-state index < -0.39 is 15.6 Å². The highest BCUT2D eigenvalue weighted by atomic mass is 32.2. The van der Waals surface area contributed by atoms with E-state index in [1.165, 1.54) is 21.8 Å². The summed E-state index contributed by atoms with van der Waals surface area (Å²) >= 11 is 0. The van der Waals surface area contributed by atoms with Gasteiger partial charge in [0.15, 0.2) is 11.5 Å². The molecule has 0 bridgehead atoms. The van der Waals surface area contributed by atoms with Gasteiger partial charge in [-0.25, -0.2) is 8.42 Å². The predicted octanol–water partition coefficient (Wildman–Crippen LogP) is 0.189. The van der Waals surface area contributed by atoms with Crippen LogP contribution in [0.2, 0.25) is 0 Å². The third-order valence-corrected chi connectivity index (χ3v) is 7.93. The fourth-order valence-electron chi connectivity index (χ4n) is 5.05. The van der Waals surface area contributed by atoms with Gasteiger partial charge in [0, 0.05) is 25.6 Å². The SMILES string of the molecule is CS(=O)(=O)N1CCC(O)(CN2CCC(c3nnc4cc5c(nn34)CCC5)CC2)C1. The maximum atomic E-state index is 11.7. The number of hydrogen-bond donors (Lipinski definition) is 1. The minimum absolute atomic E-state index is 0.190. The molecule has 2 fully saturated rings. The van der Waals surface area contributed by atoms with E-state index in [0.29, 0.717) is 25.4 Å². The van der Waals surface area contributed by atoms with Gasteiger partial charge in [0.25, 0.3) is 0 Å². The van der Waals surface area contributed by atoms with E-state index >= 15 is 0 Å². The summed E-state index contributed by atoms with van der Waals surface area (Å²) in [5.41, 5.74) is 2.36. The molecule has 10 heteroatoms. The monoisotopic (exact) mass is 420 g/mol. The summed E-state index contributed by atoms with van der Waals surface area (Å²) in [4.78, 5) is 2.25. The van der Waals surface area contributed by atoms with Gasteiger partial charge in [-0.15, -0.1) is 10.2 Å². The largest absolute Gasteiger partial charge is 0.387 e. The minimum atomic E-state index is -3.25. The molecule has 4 heterocycles. The fraction of sp³-hybridized carbons (Fsp3) is 0.737. The second-order valence-corrected chi connectivity index (χ2v) is 10.9. The summed E-state index contributed by atoms with van der Waals surface area (Å²) in [7, 11) is -3.25. The lowest BCUT2D eigenvalue weighted by molar-refractivity contribution is 0.00960. The molecule has 9 nitrogen and oxygen atoms in total. The summed E-state index contributed by atoms with van der Waals surface area (Å²) in [6.07, 6.45) is 6.84. The normalized spacial score (nSPS) is 27.1. The molecular formula is C19H28N6O3S. The van der Waals surface area contributed by atoms with Gasteiger partial charge < -0.3 is 10.0 Å². The van der Waals surface area contributed by atoms with Crippen molar-refractivity contribution in [3.05, 3.63) is 23.1 Å². The summed E-state index contributed by atoms with van der Waals surface area (Å²) in [5, 5.41) is 24.5. The van der Waals surface area contributed by atoms with Gasteiger partial charge in [0.2, 0.25) is 10.0 Å². The van der Waals surface area contributed by atoms with Gasteiger partial charge in [-0.2, -0.15) is 13.9 Å². The van der Waals surface area contributed by atoms with Crippen molar-refractivity contribution in [3.8, 4) is 0 Å². The van der Waals surface area contributed by atoms with Crippen LogP contribution < -0.4 is 0 Å². The van der Waals surface area contributed by atoms with Crippen LogP contribution in [-0.4, -0.2) is 87.1 Å². The fourth-order valence-corrected chi connectivity index (χ4v) is 5.94. The van der Waals surface area contributed by atoms with E-state index in [-0.39, 0.29) is 6.54 Å². The van der Waals surface area contributed by atoms with Crippen LogP contribution >= 0.6 is 0 Å². The molecule has 0 radical (unpaired) electrons. The summed E-state index contributed by atoms with van der Waals surface area (Å²) < 4.78 is 26.8. The Bertz CT molecular complexity index is 1030. The summed E-state index contributed by atoms with van der Waals surface area (Å²) in [5.74, 6) is 1.25. The van der Waals surface area contributed by atoms with Crippen molar-refractivity contribution in [3.63, 3.8) is 0 Å². The molecule has 2 aliphatic heterocycles. The van der Waals surface area contributed by atoms with Gasteiger partial charge in [0.05, 0.1) is 17.6 Å². The third-order valence-electron chi connectivity index (χ3n) is 6.68. The van der Waals surface area contributed by atoms with Gasteiger partial charge in [-0.3, -0.25) is 0 Å². The first-order chi connectivity index (χ1) is 13.8. The molecule has 2 saturated heterocycles. The summed E-state index contributed by atoms with van der Waals surface area (Å²) in [6, 6.07) is 2.13. The molecule has 1 N–H and O–H groups in total. The molecular weight excluding hydrogens is 392 g/mol. The number of piperidine rings is 1. The van der Waals surface area contributed by atoms with E-state index in [4.69, 9.17) is 5.10 Å². The molecule has 1 unspecified atom stereocenters. The number of rotatable bonds is 4. The zero-order chi connectivity index (χ0) is 20.2. The second-order valence-electron chi connectivity index (χ2n) is 8.92. The molecule has 2 aromatic rings. The highest BCUT2D eigenvalue weighted by Gasteiger charge is 2.41. The number of β-amino-alcohol motifs (C(OH)–C–C–N with tert-alkyl or cyclic N) is 1. The van der Waals surface area contributed by atoms with Crippen LogP contribution in [0.1, 0.15) is 48.7 Å². The number of fused-ring (bicyclic) bond motifs is 2. The van der Waals surface area contributed by atoms with E-state index in [1.54, 1.807) is 0 Å². The average Bonchev–Trinajstić information content (AvgIpc) is 3.38. The zero-order valence-electron chi connectivity index (χ0n) is 16.8. The van der Waals surface area contributed by atoms with Crippen LogP contribution in [0.15, 0.2) is 6.07 Å². The molecule has 5 rings (SSSR count). The van der Waals surface area contributed by atoms with Crippen LogP contribution in [0.5, 0.6) is 0 Å². The molecule has 158 valence electrons. The molecule has 29 heavy (non-hydrogen) atoms. The zero-order valence-corrected chi connectivity index (χ0v) is 17.6. The molecule has 1 atom stereocenters. The number of aromatic nitrogens is 4. The van der Waals surface area contributed by atoms with Crippen LogP contribution in [0, 0.1) is 0 Å². The molecule has 0 saturated carbocycles. The van der Waals surface area contributed by atoms with E-state index in [1.807, 2.05) is 4.52 Å². The molecule has 3 aliphatic rings. The number of sulfonamides is 1. The maximum absolute atomic E-state index is 11.7. The van der Waals surface area contributed by atoms with Crippen LogP contribution in [0.25, 0.3) is 5.65 Å². The average molecular weight is 421 g/mol. The topological polar surface area (TPSA) is 104 Å². The Morgan fingerprint density at radius 3 is 2.72 bits per heavy atom. The molecule has 0 amide bonds. The smallest absolute Gasteiger partial charge is 0.211 e. The highest BCUT2D eigenvalue weighted by molar-refractivity contribution is 7.88. The Kier molecular flexibility index (Phi) is 4.65. The molecule has 2 aromatic heterocycles. The van der Waals surface area contributed by atoms with Crippen LogP contribution in [0.4, 0.5) is 0 Å². The van der Waals surface area contributed by atoms with E-state index in [0.717, 1.165) is 56.7 Å². The van der Waals surface area contributed by atoms with Crippen molar-refractivity contribution in [2.45, 2.75) is 50.0 Å². The molecule has 0 aromatic carbocycles. The number of aryl methyl sites for hydroxylation is 2. The van der Waals surface area contributed by atoms with Crippen molar-refractivity contribution in [1.82, 2.24) is 29.0 Å². The number of likely N-dealkylation sites (tertiary alicyclic amines) is 1. The number of nitrogens with zero attached hydrogens (tertiary/aromatic N) is 6. The highest BCUT2D eigenvalue weighted by Crippen LogP contribution is 2.31. The first-order valence-corrected chi connectivity index (χ1v) is 12.3. The Balaban J connectivity index is 1.24. The Labute approximate surface area is 170 Å². The maximum Gasteiger partial charge on any atom is 0.211 e. The molecule has 0 spiro atoms. The lowest BCUT2D eigenvalue weighted by atomic mass is 9.94. The Morgan fingerprint density at radius 2 is 2.00 bits per heavy atom. The second kappa shape index (κ2) is 6.97. The first kappa shape index (κ1) is 19.3. The van der Waals surface area contributed by atoms with Crippen molar-refractivity contribution in [2.75, 3.05) is 39.0 Å². The third kappa shape index (κ3) is 3.67. The van der Waals surface area contributed by atoms with Gasteiger partial charge in [-0.05, 0) is 63.2 Å². The summed E-state index contributed by atoms with van der Waals surface area (Å²) in [6.45, 7) is 2.80. The van der Waals surface area contributed by atoms with E-state index in [2.05, 4.69) is 21.2 Å².